The molecular formula is C38H78O3. The topological polar surface area (TPSA) is 38.7 Å². The van der Waals surface area contributed by atoms with Gasteiger partial charge in [0, 0.05) is 13.2 Å². The highest BCUT2D eigenvalue weighted by molar-refractivity contribution is 4.63. The summed E-state index contributed by atoms with van der Waals surface area (Å²) in [6.45, 7) is 23.4. The van der Waals surface area contributed by atoms with Gasteiger partial charge in [-0.2, -0.15) is 0 Å². The predicted octanol–water partition coefficient (Wildman–Crippen LogP) is 11.5. The van der Waals surface area contributed by atoms with Crippen LogP contribution in [0.1, 0.15) is 171 Å². The van der Waals surface area contributed by atoms with Crippen molar-refractivity contribution in [1.82, 2.24) is 0 Å². The fraction of sp³-hybridized carbons (Fsp3) is 1.00. The molecule has 0 aromatic heterocycles. The highest BCUT2D eigenvalue weighted by Crippen LogP contribution is 2.23. The molecule has 41 heavy (non-hydrogen) atoms. The smallest absolute Gasteiger partial charge is 0.104 e. The van der Waals surface area contributed by atoms with Gasteiger partial charge >= 0.3 is 0 Å². The maximum absolute atomic E-state index is 9.73. The van der Waals surface area contributed by atoms with Crippen molar-refractivity contribution >= 4 is 0 Å². The summed E-state index contributed by atoms with van der Waals surface area (Å²) in [5, 5.41) is 9.73. The minimum Gasteiger partial charge on any atom is -0.394 e. The molecule has 0 spiro atoms. The molecule has 0 amide bonds. The zero-order valence-electron chi connectivity index (χ0n) is 29.7. The van der Waals surface area contributed by atoms with Gasteiger partial charge in [0.1, 0.15) is 6.10 Å². The van der Waals surface area contributed by atoms with E-state index < -0.39 is 0 Å². The Hall–Kier alpha value is -0.120. The maximum atomic E-state index is 9.73. The van der Waals surface area contributed by atoms with E-state index in [2.05, 4.69) is 62.3 Å². The van der Waals surface area contributed by atoms with E-state index in [1.165, 1.54) is 96.3 Å². The van der Waals surface area contributed by atoms with Crippen LogP contribution in [0.15, 0.2) is 0 Å². The zero-order chi connectivity index (χ0) is 30.9. The van der Waals surface area contributed by atoms with Crippen LogP contribution in [-0.2, 0) is 9.47 Å². The highest BCUT2D eigenvalue weighted by atomic mass is 16.5. The third-order valence-corrected chi connectivity index (χ3v) is 9.36. The van der Waals surface area contributed by atoms with E-state index >= 15 is 0 Å². The molecule has 1 N–H and O–H groups in total. The largest absolute Gasteiger partial charge is 0.394 e. The molecule has 0 rings (SSSR count). The van der Waals surface area contributed by atoms with Crippen molar-refractivity contribution in [2.45, 2.75) is 178 Å². The van der Waals surface area contributed by atoms with Crippen LogP contribution in [0.2, 0.25) is 0 Å². The SMILES string of the molecule is CC(C)CCCC(C)CCCC(C)CCOCC(CO)OCCC(C)CCC[C@H](C)CCC[C@H](C)CCCC(C)C. The summed E-state index contributed by atoms with van der Waals surface area (Å²) in [4.78, 5) is 0. The molecule has 0 aromatic rings. The monoisotopic (exact) mass is 583 g/mol. The van der Waals surface area contributed by atoms with Crippen molar-refractivity contribution in [3.05, 3.63) is 0 Å². The van der Waals surface area contributed by atoms with Gasteiger partial charge in [0.25, 0.3) is 0 Å². The van der Waals surface area contributed by atoms with E-state index in [4.69, 9.17) is 9.47 Å². The van der Waals surface area contributed by atoms with Gasteiger partial charge in [0.2, 0.25) is 0 Å². The molecule has 0 saturated carbocycles. The van der Waals surface area contributed by atoms with Gasteiger partial charge in [-0.3, -0.25) is 0 Å². The lowest BCUT2D eigenvalue weighted by molar-refractivity contribution is -0.0471. The lowest BCUT2D eigenvalue weighted by Crippen LogP contribution is -2.25. The molecule has 248 valence electrons. The summed E-state index contributed by atoms with van der Waals surface area (Å²) in [6, 6.07) is 0. The van der Waals surface area contributed by atoms with Gasteiger partial charge < -0.3 is 14.6 Å². The number of hydrogen-bond donors (Lipinski definition) is 1. The first-order valence-electron chi connectivity index (χ1n) is 18.3. The Bertz CT molecular complexity index is 534. The normalized spacial score (nSPS) is 16.7. The van der Waals surface area contributed by atoms with Gasteiger partial charge in [-0.1, -0.05) is 159 Å². The molecule has 0 aliphatic rings. The fourth-order valence-electron chi connectivity index (χ4n) is 6.00. The molecule has 0 aromatic carbocycles. The number of aliphatic hydroxyl groups excluding tert-OH is 1. The Labute approximate surface area is 259 Å². The standard InChI is InChI=1S/C38H78O3/c1-31(2)15-10-17-33(5)19-12-20-35(7)22-14-24-37(9)26-28-41-38(29-39)30-40-27-25-36(8)23-13-21-34(6)18-11-16-32(3)4/h31-39H,10-30H2,1-9H3/t33-,34?,35-,36?,37?,38?/m1/s1. The van der Waals surface area contributed by atoms with E-state index in [0.717, 1.165) is 55.6 Å². The Morgan fingerprint density at radius 2 is 0.732 bits per heavy atom. The van der Waals surface area contributed by atoms with Crippen molar-refractivity contribution in [1.29, 1.82) is 0 Å². The molecule has 3 nitrogen and oxygen atoms in total. The molecule has 0 radical (unpaired) electrons. The Morgan fingerprint density at radius 1 is 0.415 bits per heavy atom. The Kier molecular flexibility index (Phi) is 27.4. The number of rotatable bonds is 30. The number of ether oxygens (including phenoxy) is 2. The molecule has 0 aliphatic heterocycles. The Morgan fingerprint density at radius 3 is 1.07 bits per heavy atom. The second-order valence-electron chi connectivity index (χ2n) is 15.3. The average Bonchev–Trinajstić information content (AvgIpc) is 2.89. The predicted molar refractivity (Wildman–Crippen MR) is 182 cm³/mol. The van der Waals surface area contributed by atoms with Crippen LogP contribution in [0, 0.1) is 41.4 Å². The molecule has 0 bridgehead atoms. The van der Waals surface area contributed by atoms with Crippen LogP contribution in [-0.4, -0.2) is 37.6 Å². The number of hydrogen-bond acceptors (Lipinski definition) is 3. The molecule has 0 saturated heterocycles. The maximum Gasteiger partial charge on any atom is 0.104 e. The van der Waals surface area contributed by atoms with Gasteiger partial charge in [-0.15, -0.1) is 0 Å². The van der Waals surface area contributed by atoms with Gasteiger partial charge in [0.15, 0.2) is 0 Å². The first-order valence-corrected chi connectivity index (χ1v) is 18.3. The third-order valence-electron chi connectivity index (χ3n) is 9.36. The van der Waals surface area contributed by atoms with E-state index in [9.17, 15) is 5.11 Å². The summed E-state index contributed by atoms with van der Waals surface area (Å²) >= 11 is 0. The quantitative estimate of drug-likeness (QED) is 0.0856. The first-order chi connectivity index (χ1) is 19.5. The Balaban J connectivity index is 3.75. The van der Waals surface area contributed by atoms with E-state index in [0.29, 0.717) is 18.4 Å². The van der Waals surface area contributed by atoms with Crippen molar-refractivity contribution in [2.24, 2.45) is 41.4 Å². The minimum atomic E-state index is -0.183. The molecule has 0 fully saturated rings. The highest BCUT2D eigenvalue weighted by Gasteiger charge is 2.12. The van der Waals surface area contributed by atoms with Crippen LogP contribution < -0.4 is 0 Å². The molecule has 4 unspecified atom stereocenters. The fourth-order valence-corrected chi connectivity index (χ4v) is 6.00. The number of aliphatic hydroxyl groups is 1. The lowest BCUT2D eigenvalue weighted by atomic mass is 9.91. The molecule has 0 aliphatic carbocycles. The molecular weight excluding hydrogens is 504 g/mol. The van der Waals surface area contributed by atoms with E-state index in [-0.39, 0.29) is 12.7 Å². The third kappa shape index (κ3) is 28.4. The second-order valence-corrected chi connectivity index (χ2v) is 15.3. The second kappa shape index (κ2) is 27.4. The van der Waals surface area contributed by atoms with E-state index in [1.807, 2.05) is 0 Å². The first kappa shape index (κ1) is 40.9. The van der Waals surface area contributed by atoms with Crippen LogP contribution in [0.3, 0.4) is 0 Å². The van der Waals surface area contributed by atoms with Gasteiger partial charge in [-0.25, -0.2) is 0 Å². The van der Waals surface area contributed by atoms with Crippen molar-refractivity contribution < 1.29 is 14.6 Å². The molecule has 3 heteroatoms. The van der Waals surface area contributed by atoms with Gasteiger partial charge in [0.05, 0.1) is 13.2 Å². The van der Waals surface area contributed by atoms with Crippen molar-refractivity contribution in [3.8, 4) is 0 Å². The molecule has 0 heterocycles. The van der Waals surface area contributed by atoms with Crippen LogP contribution in [0.25, 0.3) is 0 Å². The average molecular weight is 583 g/mol. The summed E-state index contributed by atoms with van der Waals surface area (Å²) in [7, 11) is 0. The summed E-state index contributed by atoms with van der Waals surface area (Å²) in [5.41, 5.74) is 0. The van der Waals surface area contributed by atoms with Crippen LogP contribution in [0.5, 0.6) is 0 Å². The van der Waals surface area contributed by atoms with Crippen LogP contribution >= 0.6 is 0 Å². The minimum absolute atomic E-state index is 0.0481. The zero-order valence-corrected chi connectivity index (χ0v) is 29.7. The lowest BCUT2D eigenvalue weighted by Gasteiger charge is -2.19. The van der Waals surface area contributed by atoms with Crippen LogP contribution in [0.4, 0.5) is 0 Å². The van der Waals surface area contributed by atoms with Crippen molar-refractivity contribution in [3.63, 3.8) is 0 Å². The summed E-state index contributed by atoms with van der Waals surface area (Å²) in [6.07, 6.45) is 22.5. The van der Waals surface area contributed by atoms with Crippen molar-refractivity contribution in [2.75, 3.05) is 26.4 Å². The molecule has 6 atom stereocenters. The summed E-state index contributed by atoms with van der Waals surface area (Å²) in [5.74, 6) is 5.68. The van der Waals surface area contributed by atoms with Gasteiger partial charge in [-0.05, 0) is 54.3 Å². The summed E-state index contributed by atoms with van der Waals surface area (Å²) < 4.78 is 11.9. The van der Waals surface area contributed by atoms with E-state index in [1.54, 1.807) is 0 Å².